The van der Waals surface area contributed by atoms with Crippen LogP contribution in [-0.4, -0.2) is 16.0 Å². The molecule has 2 rings (SSSR count). The van der Waals surface area contributed by atoms with Crippen LogP contribution < -0.4 is 5.48 Å². The molecule has 2 aromatic rings. The van der Waals surface area contributed by atoms with Gasteiger partial charge in [0.1, 0.15) is 0 Å². The van der Waals surface area contributed by atoms with Crippen molar-refractivity contribution in [3.8, 4) is 11.1 Å². The van der Waals surface area contributed by atoms with E-state index in [1.165, 1.54) is 18.2 Å². The fraction of sp³-hybridized carbons (Fsp3) is 0. The minimum Gasteiger partial charge on any atom is -0.288 e. The molecule has 0 aliphatic heterocycles. The van der Waals surface area contributed by atoms with Crippen LogP contribution in [0.25, 0.3) is 11.1 Å². The molecule has 0 saturated carbocycles. The second-order valence-corrected chi connectivity index (χ2v) is 3.79. The summed E-state index contributed by atoms with van der Waals surface area (Å²) < 4.78 is 0. The highest BCUT2D eigenvalue weighted by atomic mass is 16.6. The van der Waals surface area contributed by atoms with E-state index in [1.807, 2.05) is 0 Å². The number of carbonyl (C=O) groups excluding carboxylic acids is 1. The Morgan fingerprint density at radius 2 is 1.89 bits per heavy atom. The van der Waals surface area contributed by atoms with Crippen LogP contribution in [0.4, 0.5) is 5.69 Å². The number of nitro groups is 1. The first-order valence-corrected chi connectivity index (χ1v) is 5.42. The van der Waals surface area contributed by atoms with Gasteiger partial charge in [-0.15, -0.1) is 0 Å². The molecule has 0 aliphatic rings. The van der Waals surface area contributed by atoms with Crippen molar-refractivity contribution in [1.82, 2.24) is 5.48 Å². The lowest BCUT2D eigenvalue weighted by molar-refractivity contribution is -0.384. The molecule has 0 atom stereocenters. The van der Waals surface area contributed by atoms with Gasteiger partial charge >= 0.3 is 0 Å². The second kappa shape index (κ2) is 5.28. The standard InChI is InChI=1S/C13H10N2O4/c16-13(14-17)12-7-2-1-6-11(12)9-4-3-5-10(8-9)15(18)19/h1-8,17H,(H,14,16). The first-order chi connectivity index (χ1) is 9.13. The molecule has 6 nitrogen and oxygen atoms in total. The largest absolute Gasteiger partial charge is 0.288 e. The number of hydroxylamine groups is 1. The zero-order valence-electron chi connectivity index (χ0n) is 9.74. The average molecular weight is 258 g/mol. The van der Waals surface area contributed by atoms with E-state index in [0.29, 0.717) is 11.1 Å². The Hall–Kier alpha value is -2.73. The molecule has 96 valence electrons. The maximum Gasteiger partial charge on any atom is 0.275 e. The van der Waals surface area contributed by atoms with Gasteiger partial charge in [-0.2, -0.15) is 0 Å². The van der Waals surface area contributed by atoms with Gasteiger partial charge in [0.25, 0.3) is 11.6 Å². The van der Waals surface area contributed by atoms with E-state index >= 15 is 0 Å². The number of nitrogens with zero attached hydrogens (tertiary/aromatic N) is 1. The number of nitrogens with one attached hydrogen (secondary N) is 1. The third kappa shape index (κ3) is 2.58. The number of amides is 1. The van der Waals surface area contributed by atoms with Gasteiger partial charge in [0.2, 0.25) is 0 Å². The Morgan fingerprint density at radius 1 is 1.16 bits per heavy atom. The molecule has 0 saturated heterocycles. The van der Waals surface area contributed by atoms with Crippen LogP contribution in [0.1, 0.15) is 10.4 Å². The smallest absolute Gasteiger partial charge is 0.275 e. The summed E-state index contributed by atoms with van der Waals surface area (Å²) in [6, 6.07) is 12.5. The molecule has 0 aliphatic carbocycles. The molecule has 0 fully saturated rings. The third-order valence-electron chi connectivity index (χ3n) is 2.64. The number of hydrogen-bond acceptors (Lipinski definition) is 4. The number of carbonyl (C=O) groups is 1. The van der Waals surface area contributed by atoms with Gasteiger partial charge in [0.15, 0.2) is 0 Å². The first-order valence-electron chi connectivity index (χ1n) is 5.42. The zero-order valence-corrected chi connectivity index (χ0v) is 9.74. The summed E-state index contributed by atoms with van der Waals surface area (Å²) >= 11 is 0. The predicted molar refractivity (Wildman–Crippen MR) is 67.8 cm³/mol. The van der Waals surface area contributed by atoms with Crippen molar-refractivity contribution < 1.29 is 14.9 Å². The van der Waals surface area contributed by atoms with Crippen molar-refractivity contribution in [2.45, 2.75) is 0 Å². The van der Waals surface area contributed by atoms with E-state index in [1.54, 1.807) is 35.8 Å². The first kappa shape index (κ1) is 12.7. The maximum atomic E-state index is 11.5. The van der Waals surface area contributed by atoms with Crippen molar-refractivity contribution in [2.24, 2.45) is 0 Å². The lowest BCUT2D eigenvalue weighted by atomic mass is 9.99. The normalized spacial score (nSPS) is 9.95. The minimum atomic E-state index is -0.665. The molecule has 0 radical (unpaired) electrons. The molecular weight excluding hydrogens is 248 g/mol. The summed E-state index contributed by atoms with van der Waals surface area (Å²) in [6.07, 6.45) is 0. The van der Waals surface area contributed by atoms with Gasteiger partial charge in [0, 0.05) is 17.7 Å². The maximum absolute atomic E-state index is 11.5. The summed E-state index contributed by atoms with van der Waals surface area (Å²) in [5, 5.41) is 19.4. The average Bonchev–Trinajstić information content (AvgIpc) is 2.46. The molecular formula is C13H10N2O4. The number of nitro benzene ring substituents is 1. The highest BCUT2D eigenvalue weighted by molar-refractivity contribution is 6.00. The Bertz CT molecular complexity index is 640. The highest BCUT2D eigenvalue weighted by Crippen LogP contribution is 2.26. The lowest BCUT2D eigenvalue weighted by Crippen LogP contribution is -2.19. The molecule has 0 bridgehead atoms. The van der Waals surface area contributed by atoms with Crippen LogP contribution in [0.5, 0.6) is 0 Å². The Morgan fingerprint density at radius 3 is 2.58 bits per heavy atom. The summed E-state index contributed by atoms with van der Waals surface area (Å²) in [4.78, 5) is 21.8. The topological polar surface area (TPSA) is 92.5 Å². The lowest BCUT2D eigenvalue weighted by Gasteiger charge is -2.07. The van der Waals surface area contributed by atoms with E-state index in [4.69, 9.17) is 5.21 Å². The van der Waals surface area contributed by atoms with Gasteiger partial charge < -0.3 is 0 Å². The quantitative estimate of drug-likeness (QED) is 0.502. The molecule has 0 spiro atoms. The minimum absolute atomic E-state index is 0.0586. The SMILES string of the molecule is O=C(NO)c1ccccc1-c1cccc([N+](=O)[O-])c1. The third-order valence-corrected chi connectivity index (χ3v) is 2.64. The van der Waals surface area contributed by atoms with Gasteiger partial charge in [-0.25, -0.2) is 5.48 Å². The summed E-state index contributed by atoms with van der Waals surface area (Å²) in [7, 11) is 0. The molecule has 6 heteroatoms. The molecule has 0 unspecified atom stereocenters. The van der Waals surface area contributed by atoms with Gasteiger partial charge in [-0.3, -0.25) is 20.1 Å². The zero-order chi connectivity index (χ0) is 13.8. The van der Waals surface area contributed by atoms with Crippen LogP contribution in [0.2, 0.25) is 0 Å². The molecule has 0 heterocycles. The number of non-ortho nitro benzene ring substituents is 1. The Labute approximate surface area is 108 Å². The van der Waals surface area contributed by atoms with Crippen molar-refractivity contribution in [3.05, 3.63) is 64.2 Å². The molecule has 2 aromatic carbocycles. The van der Waals surface area contributed by atoms with E-state index in [2.05, 4.69) is 0 Å². The summed E-state index contributed by atoms with van der Waals surface area (Å²) in [6.45, 7) is 0. The molecule has 2 N–H and O–H groups in total. The van der Waals surface area contributed by atoms with Crippen LogP contribution in [0.15, 0.2) is 48.5 Å². The van der Waals surface area contributed by atoms with E-state index in [-0.39, 0.29) is 11.3 Å². The summed E-state index contributed by atoms with van der Waals surface area (Å²) in [5.41, 5.74) is 2.79. The van der Waals surface area contributed by atoms with Crippen LogP contribution >= 0.6 is 0 Å². The Balaban J connectivity index is 2.56. The predicted octanol–water partition coefficient (Wildman–Crippen LogP) is 2.38. The van der Waals surface area contributed by atoms with Crippen LogP contribution in [0.3, 0.4) is 0 Å². The van der Waals surface area contributed by atoms with Crippen LogP contribution in [-0.2, 0) is 0 Å². The second-order valence-electron chi connectivity index (χ2n) is 3.79. The molecule has 1 amide bonds. The van der Waals surface area contributed by atoms with Gasteiger partial charge in [0.05, 0.1) is 4.92 Å². The van der Waals surface area contributed by atoms with E-state index < -0.39 is 10.8 Å². The number of rotatable bonds is 3. The van der Waals surface area contributed by atoms with E-state index in [9.17, 15) is 14.9 Å². The van der Waals surface area contributed by atoms with Crippen molar-refractivity contribution >= 4 is 11.6 Å². The monoisotopic (exact) mass is 258 g/mol. The fourth-order valence-corrected chi connectivity index (χ4v) is 1.78. The van der Waals surface area contributed by atoms with Gasteiger partial charge in [-0.1, -0.05) is 30.3 Å². The number of hydrogen-bond donors (Lipinski definition) is 2. The molecule has 19 heavy (non-hydrogen) atoms. The number of benzene rings is 2. The van der Waals surface area contributed by atoms with E-state index in [0.717, 1.165) is 0 Å². The van der Waals surface area contributed by atoms with Crippen LogP contribution in [0, 0.1) is 10.1 Å². The highest BCUT2D eigenvalue weighted by Gasteiger charge is 2.13. The fourth-order valence-electron chi connectivity index (χ4n) is 1.78. The molecule has 0 aromatic heterocycles. The van der Waals surface area contributed by atoms with Gasteiger partial charge in [-0.05, 0) is 17.2 Å². The summed E-state index contributed by atoms with van der Waals surface area (Å²) in [5.74, 6) is -0.665. The van der Waals surface area contributed by atoms with Crippen molar-refractivity contribution in [2.75, 3.05) is 0 Å². The van der Waals surface area contributed by atoms with Crippen molar-refractivity contribution in [3.63, 3.8) is 0 Å². The Kier molecular flexibility index (Phi) is 3.53. The van der Waals surface area contributed by atoms with Crippen molar-refractivity contribution in [1.29, 1.82) is 0 Å².